The number of ether oxygens (including phenoxy) is 1. The molecule has 0 aliphatic heterocycles. The third-order valence-corrected chi connectivity index (χ3v) is 1.63. The number of hydrogen-bond acceptors (Lipinski definition) is 3. The summed E-state index contributed by atoms with van der Waals surface area (Å²) < 4.78 is 5.05. The lowest BCUT2D eigenvalue weighted by Crippen LogP contribution is -2.00. The fraction of sp³-hybridized carbons (Fsp3) is 0.444. The van der Waals surface area contributed by atoms with Crippen molar-refractivity contribution < 1.29 is 4.74 Å². The molecule has 0 N–H and O–H groups in total. The van der Waals surface area contributed by atoms with Gasteiger partial charge in [-0.05, 0) is 0 Å². The first-order valence-electron chi connectivity index (χ1n) is 4.03. The Morgan fingerprint density at radius 3 is 2.92 bits per heavy atom. The second kappa shape index (κ2) is 4.41. The summed E-state index contributed by atoms with van der Waals surface area (Å²) in [5.41, 5.74) is 0.745. The van der Waals surface area contributed by atoms with E-state index in [9.17, 15) is 0 Å². The van der Waals surface area contributed by atoms with Gasteiger partial charge in [-0.15, -0.1) is 0 Å². The Bertz CT molecular complexity index is 330. The molecule has 1 rings (SSSR count). The van der Waals surface area contributed by atoms with Crippen LogP contribution in [-0.4, -0.2) is 17.1 Å². The molecule has 0 aromatic carbocycles. The molecule has 1 heterocycles. The van der Waals surface area contributed by atoms with E-state index in [1.54, 1.807) is 13.3 Å². The lowest BCUT2D eigenvalue weighted by Gasteiger charge is -2.03. The summed E-state index contributed by atoms with van der Waals surface area (Å²) in [6.07, 6.45) is 2.43. The van der Waals surface area contributed by atoms with Crippen molar-refractivity contribution in [3.8, 4) is 5.88 Å². The molecule has 0 aliphatic rings. The first kappa shape index (κ1) is 9.46. The first-order valence-corrected chi connectivity index (χ1v) is 4.03. The molecule has 0 spiro atoms. The van der Waals surface area contributed by atoms with E-state index < -0.39 is 0 Å². The minimum absolute atomic E-state index is 0.271. The van der Waals surface area contributed by atoms with Crippen LogP contribution in [0.15, 0.2) is 6.20 Å². The number of rotatable bonds is 3. The van der Waals surface area contributed by atoms with Crippen LogP contribution in [0.4, 0.5) is 0 Å². The first-order chi connectivity index (χ1) is 6.31. The molecule has 0 saturated heterocycles. The molecule has 0 aliphatic carbocycles. The van der Waals surface area contributed by atoms with Crippen LogP contribution in [0.1, 0.15) is 18.3 Å². The molecule has 1 aromatic heterocycles. The SMILES string of the molecule is [C-]#[N+]Cc1cnc(CC)nc1OC. The van der Waals surface area contributed by atoms with Gasteiger partial charge >= 0.3 is 0 Å². The lowest BCUT2D eigenvalue weighted by atomic mass is 10.3. The maximum atomic E-state index is 6.72. The molecular formula is C9H11N3O. The second-order valence-electron chi connectivity index (χ2n) is 2.49. The van der Waals surface area contributed by atoms with Crippen LogP contribution in [0.3, 0.4) is 0 Å². The fourth-order valence-electron chi connectivity index (χ4n) is 0.966. The highest BCUT2D eigenvalue weighted by atomic mass is 16.5. The molecule has 1 aromatic rings. The van der Waals surface area contributed by atoms with Crippen molar-refractivity contribution in [2.24, 2.45) is 0 Å². The molecule has 0 amide bonds. The van der Waals surface area contributed by atoms with Gasteiger partial charge in [0.2, 0.25) is 12.4 Å². The van der Waals surface area contributed by atoms with Gasteiger partial charge in [0.05, 0.1) is 7.11 Å². The molecule has 13 heavy (non-hydrogen) atoms. The maximum Gasteiger partial charge on any atom is 0.246 e. The summed E-state index contributed by atoms with van der Waals surface area (Å²) in [6.45, 7) is 8.97. The summed E-state index contributed by atoms with van der Waals surface area (Å²) in [4.78, 5) is 11.5. The van der Waals surface area contributed by atoms with Crippen LogP contribution in [-0.2, 0) is 13.0 Å². The van der Waals surface area contributed by atoms with Crippen molar-refractivity contribution in [1.29, 1.82) is 0 Å². The van der Waals surface area contributed by atoms with Crippen LogP contribution in [0, 0.1) is 6.57 Å². The van der Waals surface area contributed by atoms with Gasteiger partial charge < -0.3 is 9.58 Å². The summed E-state index contributed by atoms with van der Waals surface area (Å²) in [6, 6.07) is 0. The van der Waals surface area contributed by atoms with Gasteiger partial charge in [-0.3, -0.25) is 0 Å². The normalized spacial score (nSPS) is 9.31. The Balaban J connectivity index is 3.02. The molecule has 0 unspecified atom stereocenters. The third-order valence-electron chi connectivity index (χ3n) is 1.63. The van der Waals surface area contributed by atoms with Crippen molar-refractivity contribution in [3.63, 3.8) is 0 Å². The minimum Gasteiger partial charge on any atom is -0.481 e. The van der Waals surface area contributed by atoms with E-state index in [2.05, 4.69) is 14.8 Å². The number of hydrogen-bond donors (Lipinski definition) is 0. The molecule has 0 atom stereocenters. The molecule has 0 bridgehead atoms. The van der Waals surface area contributed by atoms with E-state index in [1.807, 2.05) is 6.92 Å². The summed E-state index contributed by atoms with van der Waals surface area (Å²) in [7, 11) is 1.55. The smallest absolute Gasteiger partial charge is 0.246 e. The van der Waals surface area contributed by atoms with E-state index in [4.69, 9.17) is 11.3 Å². The molecule has 4 nitrogen and oxygen atoms in total. The number of methoxy groups -OCH3 is 1. The van der Waals surface area contributed by atoms with Crippen LogP contribution < -0.4 is 4.74 Å². The largest absolute Gasteiger partial charge is 0.481 e. The molecule has 0 fully saturated rings. The highest BCUT2D eigenvalue weighted by Gasteiger charge is 2.08. The predicted molar refractivity (Wildman–Crippen MR) is 48.3 cm³/mol. The van der Waals surface area contributed by atoms with Gasteiger partial charge in [0, 0.05) is 12.6 Å². The minimum atomic E-state index is 0.271. The van der Waals surface area contributed by atoms with Crippen molar-refractivity contribution in [3.05, 3.63) is 29.0 Å². The number of aromatic nitrogens is 2. The van der Waals surface area contributed by atoms with E-state index in [0.717, 1.165) is 17.8 Å². The van der Waals surface area contributed by atoms with Gasteiger partial charge in [0.1, 0.15) is 11.4 Å². The van der Waals surface area contributed by atoms with Crippen molar-refractivity contribution >= 4 is 0 Å². The van der Waals surface area contributed by atoms with E-state index >= 15 is 0 Å². The molecule has 0 saturated carbocycles. The number of nitrogens with zero attached hydrogens (tertiary/aromatic N) is 3. The average Bonchev–Trinajstić information content (AvgIpc) is 2.19. The van der Waals surface area contributed by atoms with Gasteiger partial charge in [-0.2, -0.15) is 4.98 Å². The van der Waals surface area contributed by atoms with E-state index in [1.165, 1.54) is 0 Å². The van der Waals surface area contributed by atoms with Gasteiger partial charge in [-0.25, -0.2) is 11.6 Å². The summed E-state index contributed by atoms with van der Waals surface area (Å²) in [5.74, 6) is 1.26. The van der Waals surface area contributed by atoms with Crippen molar-refractivity contribution in [2.45, 2.75) is 19.9 Å². The topological polar surface area (TPSA) is 39.4 Å². The van der Waals surface area contributed by atoms with E-state index in [0.29, 0.717) is 5.88 Å². The Hall–Kier alpha value is -1.63. The van der Waals surface area contributed by atoms with Crippen molar-refractivity contribution in [1.82, 2.24) is 9.97 Å². The standard InChI is InChI=1S/C9H11N3O/c1-4-8-11-6-7(5-10-2)9(12-8)13-3/h6H,4-5H2,1,3H3. The Morgan fingerprint density at radius 1 is 1.62 bits per heavy atom. The Morgan fingerprint density at radius 2 is 2.38 bits per heavy atom. The van der Waals surface area contributed by atoms with Gasteiger partial charge in [0.15, 0.2) is 0 Å². The second-order valence-corrected chi connectivity index (χ2v) is 2.49. The van der Waals surface area contributed by atoms with Crippen LogP contribution in [0.2, 0.25) is 0 Å². The zero-order valence-electron chi connectivity index (χ0n) is 7.74. The Kier molecular flexibility index (Phi) is 3.21. The van der Waals surface area contributed by atoms with Crippen LogP contribution >= 0.6 is 0 Å². The third kappa shape index (κ3) is 2.15. The average molecular weight is 177 g/mol. The van der Waals surface area contributed by atoms with Crippen molar-refractivity contribution in [2.75, 3.05) is 7.11 Å². The highest BCUT2D eigenvalue weighted by Crippen LogP contribution is 2.14. The monoisotopic (exact) mass is 177 g/mol. The Labute approximate surface area is 77.4 Å². The fourth-order valence-corrected chi connectivity index (χ4v) is 0.966. The molecular weight excluding hydrogens is 166 g/mol. The zero-order valence-corrected chi connectivity index (χ0v) is 7.74. The maximum absolute atomic E-state index is 6.72. The quantitative estimate of drug-likeness (QED) is 0.656. The van der Waals surface area contributed by atoms with E-state index in [-0.39, 0.29) is 6.54 Å². The lowest BCUT2D eigenvalue weighted by molar-refractivity contribution is 0.390. The number of aryl methyl sites for hydroxylation is 1. The van der Waals surface area contributed by atoms with Crippen LogP contribution in [0.5, 0.6) is 5.88 Å². The molecule has 0 radical (unpaired) electrons. The van der Waals surface area contributed by atoms with Gasteiger partial charge in [0.25, 0.3) is 0 Å². The molecule has 4 heteroatoms. The summed E-state index contributed by atoms with van der Waals surface area (Å²) in [5, 5.41) is 0. The predicted octanol–water partition coefficient (Wildman–Crippen LogP) is 1.47. The molecule has 68 valence electrons. The van der Waals surface area contributed by atoms with Gasteiger partial charge in [-0.1, -0.05) is 6.92 Å². The highest BCUT2D eigenvalue weighted by molar-refractivity contribution is 5.24. The summed E-state index contributed by atoms with van der Waals surface area (Å²) >= 11 is 0. The zero-order chi connectivity index (χ0) is 9.68. The van der Waals surface area contributed by atoms with Crippen LogP contribution in [0.25, 0.3) is 4.85 Å².